The maximum absolute atomic E-state index is 13.0. The van der Waals surface area contributed by atoms with E-state index in [4.69, 9.17) is 4.74 Å². The van der Waals surface area contributed by atoms with Crippen molar-refractivity contribution in [1.29, 1.82) is 0 Å². The number of sulfonamides is 2. The molecule has 1 aromatic heterocycles. The first kappa shape index (κ1) is 26.9. The molecule has 0 radical (unpaired) electrons. The van der Waals surface area contributed by atoms with Gasteiger partial charge in [-0.3, -0.25) is 0 Å². The summed E-state index contributed by atoms with van der Waals surface area (Å²) in [5.74, 6) is -1.24. The molecule has 1 N–H and O–H groups in total. The third-order valence-corrected chi connectivity index (χ3v) is 7.29. The molecule has 8 nitrogen and oxygen atoms in total. The number of nitrogens with zero attached hydrogens (tertiary/aromatic N) is 2. The van der Waals surface area contributed by atoms with Crippen LogP contribution in [0.15, 0.2) is 24.5 Å². The van der Waals surface area contributed by atoms with Gasteiger partial charge in [-0.2, -0.15) is 43.2 Å². The average molecular weight is 501 g/mol. The Morgan fingerprint density at radius 1 is 1.13 bits per heavy atom. The van der Waals surface area contributed by atoms with E-state index in [0.29, 0.717) is 12.4 Å². The molecule has 0 atom stereocenters. The van der Waals surface area contributed by atoms with Crippen LogP contribution in [0.5, 0.6) is 0 Å². The molecule has 1 heterocycles. The van der Waals surface area contributed by atoms with Crippen molar-refractivity contribution >= 4 is 25.9 Å². The first-order valence-electron chi connectivity index (χ1n) is 8.62. The standard InChI is InChI=1S/C15H20F6N3O5S2/c1-4-5-8-23-9-7-22-12(23)6-10-29-13(11(2)3)24(30(25,26)14(16,17)18)31(27,28)15(19,20)21/h7,9H,2,4-6,8,10H2,1,3H3/q+1/p+1. The zero-order valence-corrected chi connectivity index (χ0v) is 18.1. The van der Waals surface area contributed by atoms with Crippen LogP contribution < -0.4 is 4.57 Å². The van der Waals surface area contributed by atoms with Crippen molar-refractivity contribution in [2.24, 2.45) is 0 Å². The highest BCUT2D eigenvalue weighted by molar-refractivity contribution is 7.98. The van der Waals surface area contributed by atoms with Gasteiger partial charge in [0.25, 0.3) is 5.82 Å². The summed E-state index contributed by atoms with van der Waals surface area (Å²) in [6, 6.07) is 0. The fraction of sp³-hybridized carbons (Fsp3) is 0.600. The minimum Gasteiger partial charge on any atom is -0.442 e. The van der Waals surface area contributed by atoms with Gasteiger partial charge in [0.2, 0.25) is 0 Å². The van der Waals surface area contributed by atoms with Crippen molar-refractivity contribution in [3.05, 3.63) is 30.4 Å². The van der Waals surface area contributed by atoms with Gasteiger partial charge >= 0.3 is 37.0 Å². The molecule has 31 heavy (non-hydrogen) atoms. The molecule has 0 spiro atoms. The van der Waals surface area contributed by atoms with Crippen LogP contribution in [0.3, 0.4) is 0 Å². The van der Waals surface area contributed by atoms with E-state index in [0.717, 1.165) is 19.8 Å². The minimum atomic E-state index is -7.04. The number of aromatic amines is 1. The number of imidazole rings is 1. The monoisotopic (exact) mass is 501 g/mol. The van der Waals surface area contributed by atoms with Crippen molar-refractivity contribution in [2.75, 3.05) is 6.61 Å². The number of alkyl halides is 6. The molecule has 0 fully saturated rings. The van der Waals surface area contributed by atoms with Crippen molar-refractivity contribution in [3.8, 4) is 0 Å². The largest absolute Gasteiger partial charge is 0.561 e. The minimum absolute atomic E-state index is 0.112. The number of aryl methyl sites for hydroxylation is 1. The molecule has 0 aliphatic carbocycles. The van der Waals surface area contributed by atoms with Gasteiger partial charge < -0.3 is 4.74 Å². The second kappa shape index (κ2) is 9.58. The normalized spacial score (nSPS) is 13.2. The summed E-state index contributed by atoms with van der Waals surface area (Å²) >= 11 is 0. The summed E-state index contributed by atoms with van der Waals surface area (Å²) in [6.45, 7) is 5.71. The number of unbranched alkanes of at least 4 members (excludes halogenated alkanes) is 1. The summed E-state index contributed by atoms with van der Waals surface area (Å²) in [4.78, 5) is 2.80. The maximum Gasteiger partial charge on any atom is 0.561 e. The molecule has 0 aromatic carbocycles. The highest BCUT2D eigenvalue weighted by atomic mass is 32.3. The van der Waals surface area contributed by atoms with Gasteiger partial charge in [-0.05, 0) is 13.3 Å². The molecular weight excluding hydrogens is 480 g/mol. The predicted molar refractivity (Wildman–Crippen MR) is 95.6 cm³/mol. The Labute approximate surface area is 174 Å². The van der Waals surface area contributed by atoms with E-state index >= 15 is 0 Å². The number of hydrogen-bond acceptors (Lipinski definition) is 5. The Bertz CT molecular complexity index is 994. The summed E-state index contributed by atoms with van der Waals surface area (Å²) in [5, 5.41) is 0. The van der Waals surface area contributed by atoms with Crippen molar-refractivity contribution < 1.29 is 55.9 Å². The van der Waals surface area contributed by atoms with Crippen LogP contribution in [0.2, 0.25) is 0 Å². The molecule has 178 valence electrons. The SMILES string of the molecule is C=C(C)C(OCCc1[nH]cc[n+]1CCCC)=[N+](S(=O)(=O)C(F)(F)F)S(=O)(=O)C(F)(F)F. The van der Waals surface area contributed by atoms with Crippen LogP contribution in [0, 0.1) is 0 Å². The lowest BCUT2D eigenvalue weighted by molar-refractivity contribution is -0.703. The summed E-state index contributed by atoms with van der Waals surface area (Å²) in [5.41, 5.74) is -13.5. The first-order valence-corrected chi connectivity index (χ1v) is 11.5. The van der Waals surface area contributed by atoms with Gasteiger partial charge in [0.05, 0.1) is 21.9 Å². The predicted octanol–water partition coefficient (Wildman–Crippen LogP) is 2.35. The van der Waals surface area contributed by atoms with Gasteiger partial charge in [0.15, 0.2) is 0 Å². The number of H-pyrrole nitrogens is 1. The van der Waals surface area contributed by atoms with Gasteiger partial charge in [-0.15, -0.1) is 0 Å². The molecule has 0 saturated heterocycles. The van der Waals surface area contributed by atoms with Crippen molar-refractivity contribution in [3.63, 3.8) is 0 Å². The van der Waals surface area contributed by atoms with E-state index in [2.05, 4.69) is 11.6 Å². The lowest BCUT2D eigenvalue weighted by Crippen LogP contribution is -2.47. The third-order valence-electron chi connectivity index (χ3n) is 3.73. The topological polar surface area (TPSA) is 100 Å². The second-order valence-electron chi connectivity index (χ2n) is 6.24. The Kier molecular flexibility index (Phi) is 8.33. The second-order valence-corrected chi connectivity index (χ2v) is 10.0. The number of nitrogens with one attached hydrogen (secondary N) is 1. The van der Waals surface area contributed by atoms with E-state index < -0.39 is 52.5 Å². The molecule has 16 heteroatoms. The number of rotatable bonds is 9. The Hall–Kier alpha value is -2.10. The quantitative estimate of drug-likeness (QED) is 0.242. The fourth-order valence-corrected chi connectivity index (χ4v) is 5.03. The van der Waals surface area contributed by atoms with Gasteiger partial charge in [-0.25, -0.2) is 9.55 Å². The van der Waals surface area contributed by atoms with Crippen LogP contribution in [-0.2, 0) is 37.7 Å². The highest BCUT2D eigenvalue weighted by Crippen LogP contribution is 2.33. The van der Waals surface area contributed by atoms with Crippen LogP contribution >= 0.6 is 0 Å². The molecule has 0 saturated carbocycles. The van der Waals surface area contributed by atoms with Crippen molar-refractivity contribution in [2.45, 2.75) is 50.7 Å². The van der Waals surface area contributed by atoms with E-state index in [9.17, 15) is 43.2 Å². The van der Waals surface area contributed by atoms with Gasteiger partial charge in [0.1, 0.15) is 19.0 Å². The third kappa shape index (κ3) is 5.99. The molecule has 0 unspecified atom stereocenters. The van der Waals surface area contributed by atoms with Crippen LogP contribution in [0.4, 0.5) is 26.3 Å². The highest BCUT2D eigenvalue weighted by Gasteiger charge is 2.68. The molecule has 0 aliphatic rings. The molecule has 1 rings (SSSR count). The van der Waals surface area contributed by atoms with E-state index in [1.165, 1.54) is 6.20 Å². The summed E-state index contributed by atoms with van der Waals surface area (Å²) < 4.78 is 129. The van der Waals surface area contributed by atoms with E-state index in [1.54, 1.807) is 10.8 Å². The van der Waals surface area contributed by atoms with Crippen LogP contribution in [0.25, 0.3) is 0 Å². The molecule has 1 aromatic rings. The van der Waals surface area contributed by atoms with Gasteiger partial charge in [-0.1, -0.05) is 19.9 Å². The van der Waals surface area contributed by atoms with Crippen LogP contribution in [-0.4, -0.2) is 48.7 Å². The number of ether oxygens (including phenoxy) is 1. The average Bonchev–Trinajstić information content (AvgIpc) is 3.03. The Morgan fingerprint density at radius 3 is 2.06 bits per heavy atom. The number of halogens is 6. The van der Waals surface area contributed by atoms with E-state index in [-0.39, 0.29) is 6.42 Å². The Balaban J connectivity index is 3.47. The lowest BCUT2D eigenvalue weighted by atomic mass is 10.3. The van der Waals surface area contributed by atoms with E-state index in [1.807, 2.05) is 6.92 Å². The Morgan fingerprint density at radius 2 is 1.65 bits per heavy atom. The first-order chi connectivity index (χ1) is 14.0. The molecular formula is C15H21F6N3O5S2+2. The zero-order chi connectivity index (χ0) is 24.3. The summed E-state index contributed by atoms with van der Waals surface area (Å²) in [7, 11) is -14.1. The maximum atomic E-state index is 13.0. The van der Waals surface area contributed by atoms with Crippen LogP contribution in [0.1, 0.15) is 32.5 Å². The van der Waals surface area contributed by atoms with Crippen molar-refractivity contribution in [1.82, 2.24) is 4.98 Å². The fourth-order valence-electron chi connectivity index (χ4n) is 2.26. The molecule has 0 bridgehead atoms. The number of hydrogen-bond donors (Lipinski definition) is 1. The smallest absolute Gasteiger partial charge is 0.442 e. The molecule has 0 aliphatic heterocycles. The lowest BCUT2D eigenvalue weighted by Gasteiger charge is -2.12. The zero-order valence-electron chi connectivity index (χ0n) is 16.4. The van der Waals surface area contributed by atoms with Gasteiger partial charge in [0, 0.05) is 0 Å². The molecule has 0 amide bonds. The number of aromatic nitrogens is 2. The summed E-state index contributed by atoms with van der Waals surface area (Å²) in [6.07, 6.45) is 4.69.